The van der Waals surface area contributed by atoms with Crippen molar-refractivity contribution in [2.75, 3.05) is 0 Å². The van der Waals surface area contributed by atoms with Crippen molar-refractivity contribution in [2.45, 2.75) is 0 Å². The molecule has 0 aliphatic carbocycles. The van der Waals surface area contributed by atoms with Crippen molar-refractivity contribution < 1.29 is 36.1 Å². The Labute approximate surface area is 113 Å². The third-order valence-electron chi connectivity index (χ3n) is 1.09. The van der Waals surface area contributed by atoms with E-state index < -0.39 is 0 Å². The minimum atomic E-state index is -0.286. The smallest absolute Gasteiger partial charge is 1.00 e. The van der Waals surface area contributed by atoms with E-state index in [0.717, 1.165) is 0 Å². The molecule has 0 saturated heterocycles. The molecule has 62 valence electrons. The molecule has 1 nitrogen and oxygen atoms in total. The maximum Gasteiger partial charge on any atom is 1.00 e. The first-order chi connectivity index (χ1) is 5.04. The molecular formula is C6H3Cl4NaO. The van der Waals surface area contributed by atoms with Gasteiger partial charge in [0.05, 0.1) is 10.0 Å². The number of phenolic OH excluding ortho intramolecular Hbond substituents is 1. The van der Waals surface area contributed by atoms with Crippen LogP contribution in [0.1, 0.15) is 1.43 Å². The molecule has 0 radical (unpaired) electrons. The van der Waals surface area contributed by atoms with Gasteiger partial charge in [-0.2, -0.15) is 0 Å². The molecule has 0 aliphatic rings. The molecule has 0 bridgehead atoms. The van der Waals surface area contributed by atoms with E-state index in [2.05, 4.69) is 0 Å². The molecule has 0 aromatic heterocycles. The molecule has 0 aliphatic heterocycles. The molecule has 0 saturated carbocycles. The Bertz CT molecular complexity index is 281. The van der Waals surface area contributed by atoms with Crippen LogP contribution in [0.5, 0.6) is 5.75 Å². The zero-order chi connectivity index (χ0) is 8.59. The van der Waals surface area contributed by atoms with Crippen molar-refractivity contribution >= 4 is 46.4 Å². The van der Waals surface area contributed by atoms with Gasteiger partial charge in [-0.1, -0.05) is 46.4 Å². The third kappa shape index (κ3) is 2.58. The quantitative estimate of drug-likeness (QED) is 0.544. The van der Waals surface area contributed by atoms with E-state index in [0.29, 0.717) is 0 Å². The van der Waals surface area contributed by atoms with E-state index in [9.17, 15) is 0 Å². The second kappa shape index (κ2) is 5.16. The summed E-state index contributed by atoms with van der Waals surface area (Å²) in [5.74, 6) is -0.286. The number of hydrogen-bond donors (Lipinski definition) is 1. The van der Waals surface area contributed by atoms with Crippen LogP contribution in [0.2, 0.25) is 20.1 Å². The second-order valence-corrected chi connectivity index (χ2v) is 3.39. The topological polar surface area (TPSA) is 20.2 Å². The Kier molecular flexibility index (Phi) is 5.67. The molecule has 0 atom stereocenters. The van der Waals surface area contributed by atoms with Gasteiger partial charge >= 0.3 is 29.6 Å². The maximum atomic E-state index is 9.14. The molecule has 1 rings (SSSR count). The van der Waals surface area contributed by atoms with E-state index in [1.165, 1.54) is 6.07 Å². The summed E-state index contributed by atoms with van der Waals surface area (Å²) in [4.78, 5) is 0. The van der Waals surface area contributed by atoms with Crippen LogP contribution in [0.15, 0.2) is 6.07 Å². The van der Waals surface area contributed by atoms with Crippen LogP contribution < -0.4 is 29.6 Å². The molecule has 0 heterocycles. The predicted molar refractivity (Wildman–Crippen MR) is 49.3 cm³/mol. The minimum Gasteiger partial charge on any atom is -1.00 e. The SMILES string of the molecule is Oc1c(Cl)c(Cl)cc(Cl)c1Cl.[H-].[Na+]. The van der Waals surface area contributed by atoms with Crippen LogP contribution in [-0.4, -0.2) is 5.11 Å². The van der Waals surface area contributed by atoms with Gasteiger partial charge in [0.2, 0.25) is 0 Å². The number of rotatable bonds is 0. The number of benzene rings is 1. The molecule has 0 spiro atoms. The summed E-state index contributed by atoms with van der Waals surface area (Å²) >= 11 is 22.2. The van der Waals surface area contributed by atoms with Gasteiger partial charge in [0.1, 0.15) is 10.0 Å². The molecule has 1 aromatic carbocycles. The first-order valence-electron chi connectivity index (χ1n) is 2.56. The van der Waals surface area contributed by atoms with Gasteiger partial charge in [0, 0.05) is 0 Å². The fraction of sp³-hybridized carbons (Fsp3) is 0. The second-order valence-electron chi connectivity index (χ2n) is 1.82. The Hall–Kier alpha value is 1.18. The van der Waals surface area contributed by atoms with Gasteiger partial charge in [-0.3, -0.25) is 0 Å². The number of phenols is 1. The number of hydrogen-bond acceptors (Lipinski definition) is 1. The summed E-state index contributed by atoms with van der Waals surface area (Å²) in [6, 6.07) is 1.37. The first-order valence-corrected chi connectivity index (χ1v) is 4.07. The number of halogens is 4. The summed E-state index contributed by atoms with van der Waals surface area (Å²) in [6.45, 7) is 0. The largest absolute Gasteiger partial charge is 1.00 e. The van der Waals surface area contributed by atoms with E-state index in [1.807, 2.05) is 0 Å². The van der Waals surface area contributed by atoms with Crippen molar-refractivity contribution in [3.05, 3.63) is 26.2 Å². The number of aromatic hydroxyl groups is 1. The summed E-state index contributed by atoms with van der Waals surface area (Å²) in [5.41, 5.74) is 0. The van der Waals surface area contributed by atoms with Gasteiger partial charge in [-0.25, -0.2) is 0 Å². The standard InChI is InChI=1S/C6H2Cl4O.Na.H/c7-2-1-3(8)5(10)6(11)4(2)9;;/h1,11H;;/q;+1;-1. The van der Waals surface area contributed by atoms with Crippen molar-refractivity contribution in [1.29, 1.82) is 0 Å². The first kappa shape index (κ1) is 13.2. The molecule has 12 heavy (non-hydrogen) atoms. The van der Waals surface area contributed by atoms with E-state index >= 15 is 0 Å². The molecular weight excluding hydrogens is 253 g/mol. The van der Waals surface area contributed by atoms with Gasteiger partial charge in [0.15, 0.2) is 5.75 Å². The summed E-state index contributed by atoms with van der Waals surface area (Å²) < 4.78 is 0. The Morgan fingerprint density at radius 1 is 1.00 bits per heavy atom. The molecule has 6 heteroatoms. The zero-order valence-electron chi connectivity index (χ0n) is 7.04. The Balaban J connectivity index is 0. The molecule has 1 aromatic rings. The third-order valence-corrected chi connectivity index (χ3v) is 2.64. The average Bonchev–Trinajstić information content (AvgIpc) is 1.97. The van der Waals surface area contributed by atoms with Crippen LogP contribution in [0.4, 0.5) is 0 Å². The molecule has 1 N–H and O–H groups in total. The van der Waals surface area contributed by atoms with Crippen molar-refractivity contribution in [2.24, 2.45) is 0 Å². The minimum absolute atomic E-state index is 0. The summed E-state index contributed by atoms with van der Waals surface area (Å²) in [6.07, 6.45) is 0. The van der Waals surface area contributed by atoms with Gasteiger partial charge in [0.25, 0.3) is 0 Å². The van der Waals surface area contributed by atoms with Crippen LogP contribution in [0, 0.1) is 0 Å². The Morgan fingerprint density at radius 3 is 1.67 bits per heavy atom. The van der Waals surface area contributed by atoms with Gasteiger partial charge < -0.3 is 6.53 Å². The van der Waals surface area contributed by atoms with Crippen LogP contribution in [0.3, 0.4) is 0 Å². The Morgan fingerprint density at radius 2 is 1.33 bits per heavy atom. The predicted octanol–water partition coefficient (Wildman–Crippen LogP) is 1.12. The van der Waals surface area contributed by atoms with E-state index in [1.54, 1.807) is 0 Å². The van der Waals surface area contributed by atoms with Crippen LogP contribution in [-0.2, 0) is 0 Å². The molecule has 0 fully saturated rings. The van der Waals surface area contributed by atoms with E-state index in [-0.39, 0.29) is 56.8 Å². The van der Waals surface area contributed by atoms with Gasteiger partial charge in [-0.05, 0) is 6.07 Å². The maximum absolute atomic E-state index is 9.14. The molecule has 0 amide bonds. The monoisotopic (exact) mass is 254 g/mol. The van der Waals surface area contributed by atoms with E-state index in [4.69, 9.17) is 51.5 Å². The van der Waals surface area contributed by atoms with Gasteiger partial charge in [-0.15, -0.1) is 0 Å². The fourth-order valence-electron chi connectivity index (χ4n) is 0.561. The zero-order valence-corrected chi connectivity index (χ0v) is 11.1. The average molecular weight is 256 g/mol. The van der Waals surface area contributed by atoms with Crippen molar-refractivity contribution in [3.8, 4) is 5.75 Å². The van der Waals surface area contributed by atoms with Crippen molar-refractivity contribution in [3.63, 3.8) is 0 Å². The van der Waals surface area contributed by atoms with Crippen LogP contribution >= 0.6 is 46.4 Å². The fourth-order valence-corrected chi connectivity index (χ4v) is 1.36. The van der Waals surface area contributed by atoms with Crippen molar-refractivity contribution in [1.82, 2.24) is 0 Å². The normalized spacial score (nSPS) is 9.33. The van der Waals surface area contributed by atoms with Crippen LogP contribution in [0.25, 0.3) is 0 Å². The summed E-state index contributed by atoms with van der Waals surface area (Å²) in [5, 5.41) is 9.52. The summed E-state index contributed by atoms with van der Waals surface area (Å²) in [7, 11) is 0. The molecule has 0 unspecified atom stereocenters.